The van der Waals surface area contributed by atoms with Crippen LogP contribution in [0.25, 0.3) is 0 Å². The highest BCUT2D eigenvalue weighted by atomic mass is 79.9. The van der Waals surface area contributed by atoms with Crippen LogP contribution in [0.5, 0.6) is 0 Å². The third kappa shape index (κ3) is 3.82. The molecule has 8 heteroatoms. The molecule has 120 valence electrons. The van der Waals surface area contributed by atoms with E-state index in [0.29, 0.717) is 11.0 Å². The van der Waals surface area contributed by atoms with E-state index in [1.165, 1.54) is 16.9 Å². The van der Waals surface area contributed by atoms with Crippen molar-refractivity contribution in [2.45, 2.75) is 17.7 Å². The van der Waals surface area contributed by atoms with Crippen LogP contribution in [0.2, 0.25) is 0 Å². The van der Waals surface area contributed by atoms with Gasteiger partial charge in [-0.05, 0) is 39.9 Å². The Morgan fingerprint density at radius 2 is 2.00 bits per heavy atom. The first-order valence-corrected chi connectivity index (χ1v) is 9.94. The third-order valence-corrected chi connectivity index (χ3v) is 6.49. The molecule has 1 N–H and O–H groups in total. The molecule has 3 rings (SSSR count). The van der Waals surface area contributed by atoms with E-state index >= 15 is 0 Å². The lowest BCUT2D eigenvalue weighted by Crippen LogP contribution is -2.12. The van der Waals surface area contributed by atoms with Gasteiger partial charge in [-0.15, -0.1) is 11.3 Å². The van der Waals surface area contributed by atoms with Gasteiger partial charge in [-0.2, -0.15) is 5.10 Å². The fraction of sp³-hybridized carbons (Fsp3) is 0.133. The quantitative estimate of drug-likeness (QED) is 0.692. The molecule has 2 heterocycles. The molecule has 0 aliphatic rings. The number of rotatable bonds is 5. The monoisotopic (exact) mass is 411 g/mol. The summed E-state index contributed by atoms with van der Waals surface area (Å²) >= 11 is 4.52. The third-order valence-electron chi connectivity index (χ3n) is 3.17. The minimum Gasteiger partial charge on any atom is -0.265 e. The Morgan fingerprint density at radius 1 is 1.26 bits per heavy atom. The highest BCUT2D eigenvalue weighted by Gasteiger charge is 2.18. The summed E-state index contributed by atoms with van der Waals surface area (Å²) in [6.45, 7) is 2.60. The van der Waals surface area contributed by atoms with Crippen LogP contribution in [0.15, 0.2) is 56.7 Å². The number of sulfonamides is 1. The van der Waals surface area contributed by atoms with Gasteiger partial charge in [0.05, 0.1) is 11.0 Å². The van der Waals surface area contributed by atoms with Crippen molar-refractivity contribution in [1.82, 2.24) is 9.78 Å². The Hall–Kier alpha value is -1.64. The summed E-state index contributed by atoms with van der Waals surface area (Å²) in [7, 11) is -3.59. The van der Waals surface area contributed by atoms with Crippen molar-refractivity contribution in [1.29, 1.82) is 0 Å². The standard InChI is InChI=1S/C15H14BrN3O2S2/c1-11-4-6-12(7-5-11)9-19-10-13(16)15(17-19)18-23(20,21)14-3-2-8-22-14/h2-8,10H,9H2,1H3,(H,17,18). The fourth-order valence-corrected chi connectivity index (χ4v) is 4.58. The van der Waals surface area contributed by atoms with Crippen molar-refractivity contribution >= 4 is 43.1 Å². The van der Waals surface area contributed by atoms with Gasteiger partial charge >= 0.3 is 0 Å². The minimum atomic E-state index is -3.59. The maximum atomic E-state index is 12.2. The van der Waals surface area contributed by atoms with E-state index < -0.39 is 10.0 Å². The molecule has 0 spiro atoms. The van der Waals surface area contributed by atoms with E-state index in [-0.39, 0.29) is 10.0 Å². The van der Waals surface area contributed by atoms with Crippen molar-refractivity contribution < 1.29 is 8.42 Å². The van der Waals surface area contributed by atoms with Crippen LogP contribution in [0.4, 0.5) is 5.82 Å². The van der Waals surface area contributed by atoms with Gasteiger partial charge in [-0.1, -0.05) is 35.9 Å². The molecule has 2 aromatic heterocycles. The Kier molecular flexibility index (Phi) is 4.56. The van der Waals surface area contributed by atoms with E-state index in [2.05, 4.69) is 25.8 Å². The zero-order valence-electron chi connectivity index (χ0n) is 12.2. The number of hydrogen-bond donors (Lipinski definition) is 1. The Bertz CT molecular complexity index is 901. The van der Waals surface area contributed by atoms with E-state index in [9.17, 15) is 8.42 Å². The maximum Gasteiger partial charge on any atom is 0.272 e. The number of aromatic nitrogens is 2. The van der Waals surface area contributed by atoms with E-state index in [1.807, 2.05) is 31.2 Å². The topological polar surface area (TPSA) is 64.0 Å². The molecule has 0 aliphatic carbocycles. The summed E-state index contributed by atoms with van der Waals surface area (Å²) in [4.78, 5) is 0. The van der Waals surface area contributed by atoms with Gasteiger partial charge in [0.15, 0.2) is 5.82 Å². The zero-order valence-corrected chi connectivity index (χ0v) is 15.5. The molecule has 0 atom stereocenters. The number of thiophene rings is 1. The molecule has 23 heavy (non-hydrogen) atoms. The molecule has 5 nitrogen and oxygen atoms in total. The van der Waals surface area contributed by atoms with Crippen molar-refractivity contribution in [3.8, 4) is 0 Å². The second-order valence-corrected chi connectivity index (χ2v) is 8.76. The summed E-state index contributed by atoms with van der Waals surface area (Å²) in [5.74, 6) is 0.283. The van der Waals surface area contributed by atoms with Crippen LogP contribution in [0.1, 0.15) is 11.1 Å². The van der Waals surface area contributed by atoms with Gasteiger partial charge in [-0.25, -0.2) is 8.42 Å². The van der Waals surface area contributed by atoms with E-state index in [0.717, 1.165) is 5.56 Å². The minimum absolute atomic E-state index is 0.262. The van der Waals surface area contributed by atoms with Crippen molar-refractivity contribution in [3.63, 3.8) is 0 Å². The van der Waals surface area contributed by atoms with Crippen LogP contribution in [-0.2, 0) is 16.6 Å². The molecule has 0 unspecified atom stereocenters. The number of hydrogen-bond acceptors (Lipinski definition) is 4. The van der Waals surface area contributed by atoms with Gasteiger partial charge in [0, 0.05) is 6.20 Å². The Labute approximate surface area is 147 Å². The second kappa shape index (κ2) is 6.46. The normalized spacial score (nSPS) is 11.6. The SMILES string of the molecule is Cc1ccc(Cn2cc(Br)c(NS(=O)(=O)c3cccs3)n2)cc1. The van der Waals surface area contributed by atoms with Crippen molar-refractivity contribution in [2.75, 3.05) is 4.72 Å². The molecule has 1 aromatic carbocycles. The lowest BCUT2D eigenvalue weighted by atomic mass is 10.1. The predicted octanol–water partition coefficient (Wildman–Crippen LogP) is 3.86. The lowest BCUT2D eigenvalue weighted by molar-refractivity contribution is 0.602. The van der Waals surface area contributed by atoms with Crippen LogP contribution in [-0.4, -0.2) is 18.2 Å². The first-order valence-electron chi connectivity index (χ1n) is 6.79. The van der Waals surface area contributed by atoms with Crippen molar-refractivity contribution in [3.05, 3.63) is 63.6 Å². The smallest absolute Gasteiger partial charge is 0.265 e. The first kappa shape index (κ1) is 16.2. The Balaban J connectivity index is 1.80. The van der Waals surface area contributed by atoms with Crippen LogP contribution >= 0.6 is 27.3 Å². The van der Waals surface area contributed by atoms with E-state index in [4.69, 9.17) is 0 Å². The van der Waals surface area contributed by atoms with Gasteiger partial charge in [-0.3, -0.25) is 9.40 Å². The molecule has 3 aromatic rings. The summed E-state index contributed by atoms with van der Waals surface area (Å²) in [6.07, 6.45) is 1.76. The largest absolute Gasteiger partial charge is 0.272 e. The second-order valence-electron chi connectivity index (χ2n) is 5.05. The van der Waals surface area contributed by atoms with E-state index in [1.54, 1.807) is 28.4 Å². The lowest BCUT2D eigenvalue weighted by Gasteiger charge is -2.04. The zero-order chi connectivity index (χ0) is 16.4. The van der Waals surface area contributed by atoms with Gasteiger partial charge in [0.25, 0.3) is 10.0 Å². The summed E-state index contributed by atoms with van der Waals surface area (Å²) in [5, 5.41) is 6.03. The molecular weight excluding hydrogens is 398 g/mol. The van der Waals surface area contributed by atoms with Crippen LogP contribution in [0, 0.1) is 6.92 Å². The highest BCUT2D eigenvalue weighted by molar-refractivity contribution is 9.10. The van der Waals surface area contributed by atoms with Gasteiger partial charge in [0.1, 0.15) is 4.21 Å². The molecule has 0 saturated heterocycles. The number of benzene rings is 1. The summed E-state index contributed by atoms with van der Waals surface area (Å²) < 4.78 is 29.6. The Morgan fingerprint density at radius 3 is 2.65 bits per heavy atom. The molecule has 0 fully saturated rings. The van der Waals surface area contributed by atoms with Gasteiger partial charge in [0.2, 0.25) is 0 Å². The number of aryl methyl sites for hydroxylation is 1. The number of halogens is 1. The van der Waals surface area contributed by atoms with Crippen molar-refractivity contribution in [2.24, 2.45) is 0 Å². The maximum absolute atomic E-state index is 12.2. The van der Waals surface area contributed by atoms with Crippen LogP contribution < -0.4 is 4.72 Å². The molecular formula is C15H14BrN3O2S2. The molecule has 0 saturated carbocycles. The molecule has 0 amide bonds. The molecule has 0 aliphatic heterocycles. The molecule has 0 radical (unpaired) electrons. The average Bonchev–Trinajstić information content (AvgIpc) is 3.13. The predicted molar refractivity (Wildman–Crippen MR) is 95.3 cm³/mol. The highest BCUT2D eigenvalue weighted by Crippen LogP contribution is 2.25. The summed E-state index contributed by atoms with van der Waals surface area (Å²) in [6, 6.07) is 11.4. The molecule has 0 bridgehead atoms. The van der Waals surface area contributed by atoms with Gasteiger partial charge < -0.3 is 0 Å². The summed E-state index contributed by atoms with van der Waals surface area (Å²) in [5.41, 5.74) is 2.29. The number of anilines is 1. The number of nitrogens with one attached hydrogen (secondary N) is 1. The number of nitrogens with zero attached hydrogens (tertiary/aromatic N) is 2. The average molecular weight is 412 g/mol. The first-order chi connectivity index (χ1) is 10.9. The fourth-order valence-electron chi connectivity index (χ4n) is 2.02. The van der Waals surface area contributed by atoms with Crippen LogP contribution in [0.3, 0.4) is 0 Å².